The summed E-state index contributed by atoms with van der Waals surface area (Å²) in [6.45, 7) is -0.124. The first-order valence-electron chi connectivity index (χ1n) is 10.4. The highest BCUT2D eigenvalue weighted by molar-refractivity contribution is 5.81. The van der Waals surface area contributed by atoms with Gasteiger partial charge >= 0.3 is 0 Å². The molecule has 0 fully saturated rings. The van der Waals surface area contributed by atoms with E-state index in [9.17, 15) is 18.4 Å². The maximum absolute atomic E-state index is 14.2. The van der Waals surface area contributed by atoms with Crippen LogP contribution in [0.3, 0.4) is 0 Å². The lowest BCUT2D eigenvalue weighted by molar-refractivity contribution is 0.318. The van der Waals surface area contributed by atoms with Crippen molar-refractivity contribution < 1.29 is 13.6 Å². The number of hydrogen-bond acceptors (Lipinski definition) is 7. The first kappa shape index (κ1) is 23.5. The van der Waals surface area contributed by atoms with Gasteiger partial charge in [0.05, 0.1) is 29.7 Å². The summed E-state index contributed by atoms with van der Waals surface area (Å²) in [6, 6.07) is 12.9. The number of aryl methyl sites for hydroxylation is 1. The van der Waals surface area contributed by atoms with Crippen molar-refractivity contribution in [2.45, 2.75) is 6.54 Å². The number of carbonyl (C=O) groups excluding carboxylic acids is 1. The summed E-state index contributed by atoms with van der Waals surface area (Å²) in [6.07, 6.45) is 2.97. The van der Waals surface area contributed by atoms with Crippen LogP contribution >= 0.6 is 0 Å². The Labute approximate surface area is 198 Å². The Morgan fingerprint density at radius 1 is 1.14 bits per heavy atom. The number of nitrogens with zero attached hydrogens (tertiary/aromatic N) is 6. The third kappa shape index (κ3) is 4.83. The topological polar surface area (TPSA) is 111 Å². The van der Waals surface area contributed by atoms with E-state index in [1.54, 1.807) is 26.4 Å². The smallest absolute Gasteiger partial charge is 0.250 e. The molecule has 9 nitrogen and oxygen atoms in total. The lowest BCUT2D eigenvalue weighted by Crippen LogP contribution is -2.31. The number of carbonyl (C=O) groups is 1. The standard InChI is InChI=1S/C24H21F2N7O2/c1-31-12-16(8-9-20(31)35)21-22(15-6-4-3-5-7-15)29-24(27)33(14-34)23(21)30-32(2)13-19-18(26)10-17(25)11-28-19/h3-12,14H,13H2,1-2H3,(H2,27,29)/b30-23-. The lowest BCUT2D eigenvalue weighted by Gasteiger charge is -2.18. The molecule has 0 aliphatic heterocycles. The molecule has 0 unspecified atom stereocenters. The van der Waals surface area contributed by atoms with Crippen LogP contribution in [0.5, 0.6) is 0 Å². The summed E-state index contributed by atoms with van der Waals surface area (Å²) < 4.78 is 29.9. The number of hydrogen-bond donors (Lipinski definition) is 1. The summed E-state index contributed by atoms with van der Waals surface area (Å²) >= 11 is 0. The molecular weight excluding hydrogens is 456 g/mol. The van der Waals surface area contributed by atoms with Crippen LogP contribution in [0, 0.1) is 11.6 Å². The van der Waals surface area contributed by atoms with Gasteiger partial charge in [-0.05, 0) is 6.07 Å². The van der Waals surface area contributed by atoms with Crippen molar-refractivity contribution in [3.8, 4) is 22.4 Å². The SMILES string of the molecule is CN(Cc1ncc(F)cc1F)/N=c1/c(-c2ccc(=O)n(C)c2)c(-c2ccccc2)nc(N)n1C=O. The van der Waals surface area contributed by atoms with Gasteiger partial charge in [-0.3, -0.25) is 19.6 Å². The van der Waals surface area contributed by atoms with Gasteiger partial charge in [0, 0.05) is 43.6 Å². The molecule has 0 aliphatic rings. The van der Waals surface area contributed by atoms with Gasteiger partial charge < -0.3 is 10.3 Å². The maximum atomic E-state index is 14.2. The Morgan fingerprint density at radius 2 is 1.89 bits per heavy atom. The summed E-state index contributed by atoms with van der Waals surface area (Å²) in [7, 11) is 3.14. The zero-order chi connectivity index (χ0) is 25.1. The van der Waals surface area contributed by atoms with Crippen LogP contribution in [-0.4, -0.2) is 37.6 Å². The predicted molar refractivity (Wildman–Crippen MR) is 126 cm³/mol. The van der Waals surface area contributed by atoms with Crippen LogP contribution in [-0.2, 0) is 18.4 Å². The number of halogens is 2. The van der Waals surface area contributed by atoms with Crippen molar-refractivity contribution in [3.63, 3.8) is 0 Å². The fourth-order valence-corrected chi connectivity index (χ4v) is 3.55. The zero-order valence-electron chi connectivity index (χ0n) is 18.9. The van der Waals surface area contributed by atoms with Crippen LogP contribution in [0.4, 0.5) is 14.7 Å². The normalized spacial score (nSPS) is 11.5. The Hall–Kier alpha value is -4.67. The number of benzene rings is 1. The summed E-state index contributed by atoms with van der Waals surface area (Å²) in [5.41, 5.74) is 8.06. The van der Waals surface area contributed by atoms with Gasteiger partial charge in [-0.2, -0.15) is 5.10 Å². The first-order chi connectivity index (χ1) is 16.8. The third-order valence-corrected chi connectivity index (χ3v) is 5.22. The molecule has 178 valence electrons. The van der Waals surface area contributed by atoms with E-state index in [0.29, 0.717) is 28.8 Å². The minimum absolute atomic E-state index is 0.0377. The quantitative estimate of drug-likeness (QED) is 0.337. The Kier molecular flexibility index (Phi) is 6.49. The Balaban J connectivity index is 2.00. The molecule has 35 heavy (non-hydrogen) atoms. The highest BCUT2D eigenvalue weighted by Crippen LogP contribution is 2.28. The van der Waals surface area contributed by atoms with Gasteiger partial charge in [0.15, 0.2) is 5.49 Å². The number of aromatic nitrogens is 4. The third-order valence-electron chi connectivity index (χ3n) is 5.22. The van der Waals surface area contributed by atoms with Crippen molar-refractivity contribution >= 4 is 12.4 Å². The maximum Gasteiger partial charge on any atom is 0.250 e. The van der Waals surface area contributed by atoms with E-state index in [0.717, 1.165) is 16.8 Å². The number of anilines is 1. The van der Waals surface area contributed by atoms with Crippen molar-refractivity contribution in [3.05, 3.63) is 94.1 Å². The molecule has 11 heteroatoms. The van der Waals surface area contributed by atoms with Crippen LogP contribution in [0.25, 0.3) is 22.4 Å². The zero-order valence-corrected chi connectivity index (χ0v) is 18.9. The van der Waals surface area contributed by atoms with Gasteiger partial charge in [0.1, 0.15) is 11.6 Å². The molecule has 0 saturated carbocycles. The average molecular weight is 477 g/mol. The average Bonchev–Trinajstić information content (AvgIpc) is 2.83. The van der Waals surface area contributed by atoms with E-state index in [2.05, 4.69) is 15.1 Å². The van der Waals surface area contributed by atoms with Gasteiger partial charge in [0.2, 0.25) is 17.9 Å². The summed E-state index contributed by atoms with van der Waals surface area (Å²) in [5.74, 6) is -1.74. The highest BCUT2D eigenvalue weighted by Gasteiger charge is 2.19. The monoisotopic (exact) mass is 477 g/mol. The van der Waals surface area contributed by atoms with Crippen molar-refractivity contribution in [1.82, 2.24) is 24.1 Å². The van der Waals surface area contributed by atoms with Crippen molar-refractivity contribution in [2.75, 3.05) is 12.8 Å². The summed E-state index contributed by atoms with van der Waals surface area (Å²) in [4.78, 5) is 32.3. The molecule has 0 atom stereocenters. The number of nitrogen functional groups attached to an aromatic ring is 1. The van der Waals surface area contributed by atoms with Gasteiger partial charge in [-0.15, -0.1) is 0 Å². The number of nitrogens with two attached hydrogens (primary N) is 1. The molecule has 4 rings (SSSR count). The fraction of sp³-hybridized carbons (Fsp3) is 0.125. The fourth-order valence-electron chi connectivity index (χ4n) is 3.55. The van der Waals surface area contributed by atoms with E-state index in [1.165, 1.54) is 15.6 Å². The second-order valence-corrected chi connectivity index (χ2v) is 7.72. The van der Waals surface area contributed by atoms with Crippen molar-refractivity contribution in [2.24, 2.45) is 12.1 Å². The Morgan fingerprint density at radius 3 is 2.54 bits per heavy atom. The van der Waals surface area contributed by atoms with Crippen LogP contribution < -0.4 is 16.8 Å². The molecule has 0 amide bonds. The molecule has 3 aromatic heterocycles. The van der Waals surface area contributed by atoms with E-state index >= 15 is 0 Å². The van der Waals surface area contributed by atoms with E-state index < -0.39 is 11.6 Å². The van der Waals surface area contributed by atoms with E-state index in [-0.39, 0.29) is 29.2 Å². The van der Waals surface area contributed by atoms with Gasteiger partial charge in [-0.1, -0.05) is 30.3 Å². The van der Waals surface area contributed by atoms with Gasteiger partial charge in [0.25, 0.3) is 0 Å². The first-order valence-corrected chi connectivity index (χ1v) is 10.4. The van der Waals surface area contributed by atoms with E-state index in [1.807, 2.05) is 30.3 Å². The number of rotatable bonds is 6. The molecule has 0 bridgehead atoms. The van der Waals surface area contributed by atoms with Crippen LogP contribution in [0.1, 0.15) is 5.69 Å². The second kappa shape index (κ2) is 9.67. The lowest BCUT2D eigenvalue weighted by atomic mass is 10.0. The minimum atomic E-state index is -0.826. The number of pyridine rings is 2. The second-order valence-electron chi connectivity index (χ2n) is 7.72. The highest BCUT2D eigenvalue weighted by atomic mass is 19.1. The van der Waals surface area contributed by atoms with Crippen LogP contribution in [0.2, 0.25) is 0 Å². The predicted octanol–water partition coefficient (Wildman–Crippen LogP) is 2.16. The van der Waals surface area contributed by atoms with Gasteiger partial charge in [-0.25, -0.2) is 18.3 Å². The molecule has 3 heterocycles. The molecular formula is C24H21F2N7O2. The minimum Gasteiger partial charge on any atom is -0.369 e. The largest absolute Gasteiger partial charge is 0.369 e. The molecule has 1 aromatic carbocycles. The molecule has 0 saturated heterocycles. The molecule has 0 radical (unpaired) electrons. The van der Waals surface area contributed by atoms with Crippen molar-refractivity contribution in [1.29, 1.82) is 0 Å². The molecule has 4 aromatic rings. The molecule has 0 spiro atoms. The van der Waals surface area contributed by atoms with E-state index in [4.69, 9.17) is 5.73 Å². The summed E-state index contributed by atoms with van der Waals surface area (Å²) in [5, 5.41) is 5.87. The van der Waals surface area contributed by atoms with Crippen LogP contribution in [0.15, 0.2) is 70.8 Å². The molecule has 0 aliphatic carbocycles. The Bertz CT molecular complexity index is 1530. The molecule has 2 N–H and O–H groups in total.